The van der Waals surface area contributed by atoms with E-state index < -0.39 is 0 Å². The fraction of sp³-hybridized carbons (Fsp3) is 0.600. The van der Waals surface area contributed by atoms with Crippen LogP contribution in [-0.2, 0) is 6.54 Å². The summed E-state index contributed by atoms with van der Waals surface area (Å²) in [4.78, 5) is 29.8. The second-order valence-corrected chi connectivity index (χ2v) is 10.3. The molecule has 0 radical (unpaired) electrons. The van der Waals surface area contributed by atoms with Gasteiger partial charge in [-0.1, -0.05) is 6.07 Å². The number of carbonyl (C=O) groups excluding carboxylic acids is 1. The van der Waals surface area contributed by atoms with Crippen molar-refractivity contribution < 1.29 is 9.21 Å². The first-order chi connectivity index (χ1) is 15.6. The molecule has 32 heavy (non-hydrogen) atoms. The first-order valence-corrected chi connectivity index (χ1v) is 12.1. The highest BCUT2D eigenvalue weighted by Gasteiger charge is 2.42. The second kappa shape index (κ2) is 8.19. The smallest absolute Gasteiger partial charge is 0.287 e. The summed E-state index contributed by atoms with van der Waals surface area (Å²) in [6.45, 7) is 7.20. The predicted molar refractivity (Wildman–Crippen MR) is 121 cm³/mol. The van der Waals surface area contributed by atoms with Gasteiger partial charge in [-0.2, -0.15) is 0 Å². The largest absolute Gasteiger partial charge is 0.459 e. The quantitative estimate of drug-likeness (QED) is 0.776. The zero-order valence-electron chi connectivity index (χ0n) is 18.5. The number of hydrogen-bond donors (Lipinski definition) is 1. The monoisotopic (exact) mass is 436 g/mol. The van der Waals surface area contributed by atoms with Crippen LogP contribution in [0.1, 0.15) is 41.4 Å². The van der Waals surface area contributed by atoms with Crippen LogP contribution >= 0.6 is 0 Å². The number of aromatic nitrogens is 1. The molecule has 4 saturated heterocycles. The number of amides is 1. The van der Waals surface area contributed by atoms with Gasteiger partial charge in [0.1, 0.15) is 0 Å². The molecule has 0 spiro atoms. The van der Waals surface area contributed by atoms with Gasteiger partial charge >= 0.3 is 0 Å². The molecule has 5 aliphatic rings. The Balaban J connectivity index is 1.06. The zero-order valence-corrected chi connectivity index (χ0v) is 18.5. The average Bonchev–Trinajstić information content (AvgIpc) is 3.34. The summed E-state index contributed by atoms with van der Waals surface area (Å²) in [5, 5.41) is 3.06. The van der Waals surface area contributed by atoms with Crippen molar-refractivity contribution in [3.05, 3.63) is 58.4 Å². The molecule has 7 heteroatoms. The van der Waals surface area contributed by atoms with E-state index >= 15 is 0 Å². The minimum absolute atomic E-state index is 0.117. The lowest BCUT2D eigenvalue weighted by Crippen LogP contribution is -2.59. The van der Waals surface area contributed by atoms with Crippen LogP contribution in [0.2, 0.25) is 0 Å². The van der Waals surface area contributed by atoms with Crippen molar-refractivity contribution in [1.29, 1.82) is 0 Å². The molecule has 0 saturated carbocycles. The van der Waals surface area contributed by atoms with E-state index in [1.165, 1.54) is 31.2 Å². The summed E-state index contributed by atoms with van der Waals surface area (Å²) in [5.41, 5.74) is 1.40. The van der Waals surface area contributed by atoms with Crippen molar-refractivity contribution in [2.75, 3.05) is 39.3 Å². The van der Waals surface area contributed by atoms with Crippen LogP contribution < -0.4 is 10.9 Å². The Labute approximate surface area is 188 Å². The van der Waals surface area contributed by atoms with Gasteiger partial charge in [-0.25, -0.2) is 0 Å². The topological polar surface area (TPSA) is 70.7 Å². The number of nitrogens with zero attached hydrogens (tertiary/aromatic N) is 3. The SMILES string of the molecule is O=C(NC[C@H]1C[C@@H]2CCN1C[C@H]2CN1C[C@H]2C[C@H](C1)c1cccc(=O)n1C2)c1ccco1. The maximum Gasteiger partial charge on any atom is 0.287 e. The highest BCUT2D eigenvalue weighted by molar-refractivity contribution is 5.91. The van der Waals surface area contributed by atoms with Gasteiger partial charge in [0.15, 0.2) is 5.76 Å². The first kappa shape index (κ1) is 20.2. The Morgan fingerprint density at radius 3 is 2.84 bits per heavy atom. The van der Waals surface area contributed by atoms with Crippen LogP contribution in [0.25, 0.3) is 0 Å². The van der Waals surface area contributed by atoms with Crippen molar-refractivity contribution in [1.82, 2.24) is 19.7 Å². The fourth-order valence-electron chi connectivity index (χ4n) is 6.85. The number of furan rings is 1. The molecule has 0 aromatic carbocycles. The van der Waals surface area contributed by atoms with E-state index in [0.29, 0.717) is 36.1 Å². The van der Waals surface area contributed by atoms with Crippen molar-refractivity contribution in [2.45, 2.75) is 37.8 Å². The summed E-state index contributed by atoms with van der Waals surface area (Å²) in [7, 11) is 0. The molecule has 7 heterocycles. The maximum atomic E-state index is 12.3. The lowest BCUT2D eigenvalue weighted by Gasteiger charge is -2.52. The number of likely N-dealkylation sites (tertiary alicyclic amines) is 1. The van der Waals surface area contributed by atoms with E-state index in [-0.39, 0.29) is 11.5 Å². The molecule has 170 valence electrons. The number of carbonyl (C=O) groups is 1. The maximum absolute atomic E-state index is 12.3. The van der Waals surface area contributed by atoms with Crippen LogP contribution in [0.4, 0.5) is 0 Å². The molecule has 4 bridgehead atoms. The van der Waals surface area contributed by atoms with Crippen LogP contribution in [-0.4, -0.2) is 65.6 Å². The molecule has 4 fully saturated rings. The van der Waals surface area contributed by atoms with Crippen LogP contribution in [0.15, 0.2) is 45.8 Å². The number of fused-ring (bicyclic) bond motifs is 7. The summed E-state index contributed by atoms with van der Waals surface area (Å²) in [6.07, 6.45) is 5.20. The van der Waals surface area contributed by atoms with Crippen molar-refractivity contribution in [3.63, 3.8) is 0 Å². The average molecular weight is 437 g/mol. The predicted octanol–water partition coefficient (Wildman–Crippen LogP) is 2.00. The number of pyridine rings is 1. The van der Waals surface area contributed by atoms with Gasteiger partial charge in [-0.05, 0) is 61.8 Å². The summed E-state index contributed by atoms with van der Waals surface area (Å²) >= 11 is 0. The molecule has 2 aromatic rings. The molecular weight excluding hydrogens is 404 g/mol. The highest BCUT2D eigenvalue weighted by Crippen LogP contribution is 2.39. The fourth-order valence-corrected chi connectivity index (χ4v) is 6.85. The van der Waals surface area contributed by atoms with Gasteiger partial charge in [0.05, 0.1) is 6.26 Å². The van der Waals surface area contributed by atoms with E-state index in [1.54, 1.807) is 18.2 Å². The third-order valence-electron chi connectivity index (χ3n) is 8.31. The first-order valence-electron chi connectivity index (χ1n) is 12.1. The zero-order chi connectivity index (χ0) is 21.7. The third-order valence-corrected chi connectivity index (χ3v) is 8.31. The van der Waals surface area contributed by atoms with Crippen LogP contribution in [0.3, 0.4) is 0 Å². The van der Waals surface area contributed by atoms with E-state index in [2.05, 4.69) is 21.2 Å². The Morgan fingerprint density at radius 1 is 1.09 bits per heavy atom. The third kappa shape index (κ3) is 3.71. The molecule has 0 aliphatic carbocycles. The van der Waals surface area contributed by atoms with Crippen molar-refractivity contribution in [3.8, 4) is 0 Å². The van der Waals surface area contributed by atoms with Gasteiger partial charge < -0.3 is 19.2 Å². The Bertz CT molecular complexity index is 1030. The summed E-state index contributed by atoms with van der Waals surface area (Å²) < 4.78 is 7.23. The van der Waals surface area contributed by atoms with Crippen LogP contribution in [0, 0.1) is 17.8 Å². The van der Waals surface area contributed by atoms with Crippen LogP contribution in [0.5, 0.6) is 0 Å². The molecule has 6 atom stereocenters. The Morgan fingerprint density at radius 2 is 2.03 bits per heavy atom. The van der Waals surface area contributed by atoms with Crippen molar-refractivity contribution in [2.24, 2.45) is 17.8 Å². The highest BCUT2D eigenvalue weighted by atomic mass is 16.3. The molecule has 1 N–H and O–H groups in total. The molecule has 1 amide bonds. The number of hydrogen-bond acceptors (Lipinski definition) is 5. The van der Waals surface area contributed by atoms with Gasteiger partial charge in [0.25, 0.3) is 11.5 Å². The number of rotatable bonds is 5. The van der Waals surface area contributed by atoms with E-state index in [9.17, 15) is 9.59 Å². The normalized spacial score (nSPS) is 33.6. The molecule has 7 nitrogen and oxygen atoms in total. The van der Waals surface area contributed by atoms with Gasteiger partial charge in [-0.15, -0.1) is 0 Å². The lowest BCUT2D eigenvalue weighted by atomic mass is 9.74. The summed E-state index contributed by atoms with van der Waals surface area (Å²) in [5.74, 6) is 2.79. The van der Waals surface area contributed by atoms with Crippen molar-refractivity contribution >= 4 is 5.91 Å². The van der Waals surface area contributed by atoms with E-state index in [4.69, 9.17) is 4.42 Å². The summed E-state index contributed by atoms with van der Waals surface area (Å²) in [6, 6.07) is 9.66. The molecule has 7 rings (SSSR count). The second-order valence-electron chi connectivity index (χ2n) is 10.3. The number of piperidine rings is 4. The molecular formula is C25H32N4O3. The molecule has 2 aromatic heterocycles. The minimum Gasteiger partial charge on any atom is -0.459 e. The number of nitrogens with one attached hydrogen (secondary N) is 1. The Kier molecular flexibility index (Phi) is 5.18. The molecule has 1 unspecified atom stereocenters. The lowest BCUT2D eigenvalue weighted by molar-refractivity contribution is -0.0198. The Hall–Kier alpha value is -2.38. The van der Waals surface area contributed by atoms with E-state index in [0.717, 1.165) is 45.2 Å². The standard InChI is InChI=1S/C25H32N4O3/c30-24-5-1-3-22-19-9-17(13-29(22)24)12-27(14-19)15-20-16-28-7-6-18(20)10-21(28)11-26-25(31)23-4-2-8-32-23/h1-5,8,17-21H,6-7,9-16H2,(H,26,31)/t17-,18+,19-,20-,21-/m1/s1. The van der Waals surface area contributed by atoms with Gasteiger partial charge in [-0.3, -0.25) is 14.5 Å². The minimum atomic E-state index is -0.117. The molecule has 5 aliphatic heterocycles. The van der Waals surface area contributed by atoms with E-state index in [1.807, 2.05) is 10.6 Å². The van der Waals surface area contributed by atoms with Gasteiger partial charge in [0, 0.05) is 63.0 Å². The van der Waals surface area contributed by atoms with Gasteiger partial charge in [0.2, 0.25) is 0 Å².